The number of Topliss-reactive ketones (excluding diaryl/α,β-unsaturated/α-hetero) is 2. The lowest BCUT2D eigenvalue weighted by molar-refractivity contribution is 0.101. The molecule has 18 heavy (non-hydrogen) atoms. The third-order valence-corrected chi connectivity index (χ3v) is 5.27. The summed E-state index contributed by atoms with van der Waals surface area (Å²) in [6, 6.07) is 0. The second kappa shape index (κ2) is 6.14. The zero-order valence-corrected chi connectivity index (χ0v) is 13.7. The van der Waals surface area contributed by atoms with Crippen LogP contribution in [-0.4, -0.2) is 32.2 Å². The monoisotopic (exact) mass is 408 g/mol. The van der Waals surface area contributed by atoms with Crippen LogP contribution >= 0.6 is 54.5 Å². The Hall–Kier alpha value is -0.440. The molecule has 8 heteroatoms. The Bertz CT molecular complexity index is 542. The number of hydrogen-bond donors (Lipinski definition) is 0. The smallest absolute Gasteiger partial charge is 0.201 e. The Morgan fingerprint density at radius 2 is 1.33 bits per heavy atom. The summed E-state index contributed by atoms with van der Waals surface area (Å²) >= 11 is 8.83. The average Bonchev–Trinajstić information content (AvgIpc) is 3.04. The van der Waals surface area contributed by atoms with Gasteiger partial charge in [0.15, 0.2) is 10.0 Å². The first-order chi connectivity index (χ1) is 8.65. The lowest BCUT2D eigenvalue weighted by Crippen LogP contribution is -1.97. The maximum absolute atomic E-state index is 11.4. The van der Waals surface area contributed by atoms with Crippen LogP contribution < -0.4 is 0 Å². The van der Waals surface area contributed by atoms with E-state index in [1.54, 1.807) is 12.4 Å². The van der Waals surface area contributed by atoms with E-state index in [-0.39, 0.29) is 22.2 Å². The highest BCUT2D eigenvalue weighted by atomic mass is 79.9. The summed E-state index contributed by atoms with van der Waals surface area (Å²) in [7, 11) is 0. The Labute approximate surface area is 128 Å². The van der Waals surface area contributed by atoms with Crippen molar-refractivity contribution in [3.8, 4) is 9.75 Å². The van der Waals surface area contributed by atoms with Crippen molar-refractivity contribution >= 4 is 66.1 Å². The Balaban J connectivity index is 2.26. The van der Waals surface area contributed by atoms with Crippen LogP contribution in [0.2, 0.25) is 0 Å². The van der Waals surface area contributed by atoms with Crippen molar-refractivity contribution in [1.82, 2.24) is 9.97 Å². The molecule has 4 nitrogen and oxygen atoms in total. The molecule has 0 unspecified atom stereocenters. The van der Waals surface area contributed by atoms with Crippen LogP contribution in [0.3, 0.4) is 0 Å². The standard InChI is InChI=1S/C10H6Br2N2O2S2/c11-1-5(15)9-13-3-7(17-9)8-4-14-10(18-8)6(16)2-12/h3-4H,1-2H2. The predicted molar refractivity (Wildman–Crippen MR) is 79.5 cm³/mol. The first kappa shape index (κ1) is 14.0. The van der Waals surface area contributed by atoms with E-state index in [1.165, 1.54) is 22.7 Å². The third-order valence-electron chi connectivity index (χ3n) is 1.97. The van der Waals surface area contributed by atoms with Crippen molar-refractivity contribution in [2.75, 3.05) is 10.7 Å². The van der Waals surface area contributed by atoms with E-state index >= 15 is 0 Å². The minimum Gasteiger partial charge on any atom is -0.291 e. The van der Waals surface area contributed by atoms with Gasteiger partial charge in [0.1, 0.15) is 0 Å². The molecule has 2 aromatic heterocycles. The lowest BCUT2D eigenvalue weighted by atomic mass is 10.4. The van der Waals surface area contributed by atoms with Gasteiger partial charge in [0.05, 0.1) is 20.4 Å². The highest BCUT2D eigenvalue weighted by molar-refractivity contribution is 9.09. The number of carbonyl (C=O) groups is 2. The second-order valence-corrected chi connectivity index (χ2v) is 6.36. The molecule has 0 radical (unpaired) electrons. The molecule has 0 fully saturated rings. The van der Waals surface area contributed by atoms with Crippen molar-refractivity contribution in [3.05, 3.63) is 22.4 Å². The highest BCUT2D eigenvalue weighted by Gasteiger charge is 2.15. The number of halogens is 2. The largest absolute Gasteiger partial charge is 0.291 e. The molecule has 0 aliphatic rings. The topological polar surface area (TPSA) is 59.9 Å². The van der Waals surface area contributed by atoms with Gasteiger partial charge in [-0.25, -0.2) is 9.97 Å². The van der Waals surface area contributed by atoms with E-state index < -0.39 is 0 Å². The number of alkyl halides is 2. The maximum atomic E-state index is 11.4. The zero-order chi connectivity index (χ0) is 13.1. The van der Waals surface area contributed by atoms with E-state index in [1.807, 2.05) is 0 Å². The summed E-state index contributed by atoms with van der Waals surface area (Å²) in [5.74, 6) is -0.0972. The molecule has 0 saturated heterocycles. The highest BCUT2D eigenvalue weighted by Crippen LogP contribution is 2.31. The molecular formula is C10H6Br2N2O2S2. The molecule has 0 amide bonds. The molecule has 2 heterocycles. The second-order valence-electron chi connectivity index (χ2n) is 3.17. The normalized spacial score (nSPS) is 10.6. The summed E-state index contributed by atoms with van der Waals surface area (Å²) in [6.45, 7) is 0. The number of ketones is 2. The molecule has 0 aromatic carbocycles. The van der Waals surface area contributed by atoms with Gasteiger partial charge in [-0.05, 0) is 0 Å². The fourth-order valence-corrected chi connectivity index (χ4v) is 3.82. The minimum absolute atomic E-state index is 0.0486. The van der Waals surface area contributed by atoms with Gasteiger partial charge in [0.2, 0.25) is 11.6 Å². The minimum atomic E-state index is -0.0486. The molecule has 2 aromatic rings. The van der Waals surface area contributed by atoms with Gasteiger partial charge in [-0.1, -0.05) is 31.9 Å². The third kappa shape index (κ3) is 2.93. The van der Waals surface area contributed by atoms with Gasteiger partial charge in [0.25, 0.3) is 0 Å². The van der Waals surface area contributed by atoms with Crippen molar-refractivity contribution in [2.45, 2.75) is 0 Å². The molecule has 0 bridgehead atoms. The van der Waals surface area contributed by atoms with Crippen LogP contribution in [0.1, 0.15) is 19.6 Å². The van der Waals surface area contributed by atoms with Gasteiger partial charge in [-0.3, -0.25) is 9.59 Å². The Kier molecular flexibility index (Phi) is 4.77. The van der Waals surface area contributed by atoms with Gasteiger partial charge in [-0.15, -0.1) is 22.7 Å². The maximum Gasteiger partial charge on any atom is 0.201 e. The number of nitrogens with zero attached hydrogens (tertiary/aromatic N) is 2. The molecule has 0 atom stereocenters. The lowest BCUT2D eigenvalue weighted by Gasteiger charge is -1.88. The molecule has 0 spiro atoms. The van der Waals surface area contributed by atoms with Gasteiger partial charge >= 0.3 is 0 Å². The SMILES string of the molecule is O=C(CBr)c1ncc(-c2cnc(C(=O)CBr)s2)s1. The van der Waals surface area contributed by atoms with Crippen LogP contribution in [-0.2, 0) is 0 Å². The first-order valence-electron chi connectivity index (χ1n) is 4.76. The summed E-state index contributed by atoms with van der Waals surface area (Å²) in [5.41, 5.74) is 0. The van der Waals surface area contributed by atoms with Crippen molar-refractivity contribution in [2.24, 2.45) is 0 Å². The zero-order valence-electron chi connectivity index (χ0n) is 8.85. The van der Waals surface area contributed by atoms with Gasteiger partial charge < -0.3 is 0 Å². The van der Waals surface area contributed by atoms with E-state index in [2.05, 4.69) is 41.8 Å². The van der Waals surface area contributed by atoms with Crippen LogP contribution in [0.25, 0.3) is 9.75 Å². The summed E-state index contributed by atoms with van der Waals surface area (Å²) in [5, 5.41) is 1.44. The number of rotatable bonds is 5. The molecule has 0 aliphatic carbocycles. The predicted octanol–water partition coefficient (Wildman–Crippen LogP) is 3.42. The molecule has 2 rings (SSSR count). The molecule has 0 saturated carbocycles. The number of carbonyl (C=O) groups excluding carboxylic acids is 2. The Morgan fingerprint density at radius 3 is 1.67 bits per heavy atom. The van der Waals surface area contributed by atoms with Crippen LogP contribution in [0.4, 0.5) is 0 Å². The quantitative estimate of drug-likeness (QED) is 0.560. The summed E-state index contributed by atoms with van der Waals surface area (Å²) in [6.07, 6.45) is 3.27. The summed E-state index contributed by atoms with van der Waals surface area (Å²) in [4.78, 5) is 32.7. The number of thiazole rings is 2. The fourth-order valence-electron chi connectivity index (χ4n) is 1.15. The molecule has 0 N–H and O–H groups in total. The number of hydrogen-bond acceptors (Lipinski definition) is 6. The van der Waals surface area contributed by atoms with Crippen molar-refractivity contribution in [3.63, 3.8) is 0 Å². The fraction of sp³-hybridized carbons (Fsp3) is 0.200. The first-order valence-corrected chi connectivity index (χ1v) is 8.63. The molecule has 0 aliphatic heterocycles. The van der Waals surface area contributed by atoms with Crippen molar-refractivity contribution in [1.29, 1.82) is 0 Å². The van der Waals surface area contributed by atoms with E-state index in [0.29, 0.717) is 10.0 Å². The van der Waals surface area contributed by atoms with Gasteiger partial charge in [0, 0.05) is 12.4 Å². The molecular weight excluding hydrogens is 404 g/mol. The van der Waals surface area contributed by atoms with E-state index in [9.17, 15) is 9.59 Å². The van der Waals surface area contributed by atoms with Gasteiger partial charge in [-0.2, -0.15) is 0 Å². The van der Waals surface area contributed by atoms with Crippen LogP contribution in [0.15, 0.2) is 12.4 Å². The molecule has 94 valence electrons. The van der Waals surface area contributed by atoms with Crippen LogP contribution in [0.5, 0.6) is 0 Å². The summed E-state index contributed by atoms with van der Waals surface area (Å²) < 4.78 is 0. The van der Waals surface area contributed by atoms with Crippen LogP contribution in [0, 0.1) is 0 Å². The van der Waals surface area contributed by atoms with E-state index in [4.69, 9.17) is 0 Å². The Morgan fingerprint density at radius 1 is 0.944 bits per heavy atom. The average molecular weight is 410 g/mol. The van der Waals surface area contributed by atoms with Crippen molar-refractivity contribution < 1.29 is 9.59 Å². The number of aromatic nitrogens is 2. The van der Waals surface area contributed by atoms with E-state index in [0.717, 1.165) is 9.75 Å².